The highest BCUT2D eigenvalue weighted by atomic mass is 32.1. The van der Waals surface area contributed by atoms with Crippen LogP contribution in [0.15, 0.2) is 35.0 Å². The van der Waals surface area contributed by atoms with E-state index in [1.54, 1.807) is 11.3 Å². The summed E-state index contributed by atoms with van der Waals surface area (Å²) in [5.41, 5.74) is 5.36. The van der Waals surface area contributed by atoms with Gasteiger partial charge in [0.1, 0.15) is 0 Å². The molecule has 0 saturated heterocycles. The van der Waals surface area contributed by atoms with Gasteiger partial charge in [0.2, 0.25) is 0 Å². The van der Waals surface area contributed by atoms with Gasteiger partial charge in [0.05, 0.1) is 0 Å². The van der Waals surface area contributed by atoms with Crippen LogP contribution in [0, 0.1) is 6.92 Å². The van der Waals surface area contributed by atoms with Crippen molar-refractivity contribution in [3.63, 3.8) is 0 Å². The van der Waals surface area contributed by atoms with Crippen molar-refractivity contribution in [3.05, 3.63) is 51.7 Å². The summed E-state index contributed by atoms with van der Waals surface area (Å²) in [6, 6.07) is 8.86. The molecule has 0 aliphatic carbocycles. The van der Waals surface area contributed by atoms with Crippen molar-refractivity contribution in [2.75, 3.05) is 19.0 Å². The van der Waals surface area contributed by atoms with Crippen LogP contribution in [0.4, 0.5) is 5.69 Å². The zero-order valence-electron chi connectivity index (χ0n) is 11.2. The Bertz CT molecular complexity index is 491. The van der Waals surface area contributed by atoms with Crippen LogP contribution in [0.2, 0.25) is 0 Å². The molecular formula is C15H20N2S. The van der Waals surface area contributed by atoms with Gasteiger partial charge in [-0.1, -0.05) is 6.07 Å². The van der Waals surface area contributed by atoms with Gasteiger partial charge < -0.3 is 10.2 Å². The van der Waals surface area contributed by atoms with Gasteiger partial charge in [-0.25, -0.2) is 0 Å². The summed E-state index contributed by atoms with van der Waals surface area (Å²) in [5.74, 6) is 0. The number of anilines is 1. The van der Waals surface area contributed by atoms with Crippen LogP contribution in [0.25, 0.3) is 0 Å². The summed E-state index contributed by atoms with van der Waals surface area (Å²) in [5, 5.41) is 7.53. The number of rotatable bonds is 5. The summed E-state index contributed by atoms with van der Waals surface area (Å²) < 4.78 is 0. The van der Waals surface area contributed by atoms with Crippen LogP contribution in [-0.2, 0) is 13.1 Å². The normalized spacial score (nSPS) is 10.6. The Balaban J connectivity index is 2.11. The average molecular weight is 260 g/mol. The summed E-state index contributed by atoms with van der Waals surface area (Å²) in [6.45, 7) is 4.07. The standard InChI is InChI=1S/C15H20N2S/c1-12-8-15(5-4-14(12)9-16-2)17(3)10-13-6-7-18-11-13/h4-8,11,16H,9-10H2,1-3H3. The topological polar surface area (TPSA) is 15.3 Å². The number of hydrogen-bond acceptors (Lipinski definition) is 3. The van der Waals surface area contributed by atoms with Crippen molar-refractivity contribution >= 4 is 17.0 Å². The third-order valence-corrected chi connectivity index (χ3v) is 3.87. The predicted octanol–water partition coefficient (Wildman–Crippen LogP) is 3.41. The molecule has 0 atom stereocenters. The van der Waals surface area contributed by atoms with Crippen LogP contribution in [0.5, 0.6) is 0 Å². The number of thiophene rings is 1. The van der Waals surface area contributed by atoms with E-state index in [9.17, 15) is 0 Å². The lowest BCUT2D eigenvalue weighted by molar-refractivity contribution is 0.811. The lowest BCUT2D eigenvalue weighted by Gasteiger charge is -2.20. The van der Waals surface area contributed by atoms with Crippen LogP contribution in [-0.4, -0.2) is 14.1 Å². The maximum Gasteiger partial charge on any atom is 0.0434 e. The molecule has 1 heterocycles. The quantitative estimate of drug-likeness (QED) is 0.886. The minimum Gasteiger partial charge on any atom is -0.370 e. The Morgan fingerprint density at radius 3 is 2.72 bits per heavy atom. The summed E-state index contributed by atoms with van der Waals surface area (Å²) in [7, 11) is 4.13. The molecule has 0 saturated carbocycles. The second kappa shape index (κ2) is 6.03. The summed E-state index contributed by atoms with van der Waals surface area (Å²) in [4.78, 5) is 2.29. The summed E-state index contributed by atoms with van der Waals surface area (Å²) in [6.07, 6.45) is 0. The van der Waals surface area contributed by atoms with E-state index in [2.05, 4.69) is 59.2 Å². The van der Waals surface area contributed by atoms with Crippen LogP contribution in [0.3, 0.4) is 0 Å². The molecular weight excluding hydrogens is 240 g/mol. The molecule has 0 amide bonds. The zero-order valence-corrected chi connectivity index (χ0v) is 12.1. The molecule has 0 radical (unpaired) electrons. The highest BCUT2D eigenvalue weighted by Gasteiger charge is 2.05. The number of benzene rings is 1. The minimum atomic E-state index is 0.931. The van der Waals surface area contributed by atoms with Crippen molar-refractivity contribution < 1.29 is 0 Å². The van der Waals surface area contributed by atoms with Crippen molar-refractivity contribution in [1.29, 1.82) is 0 Å². The zero-order chi connectivity index (χ0) is 13.0. The average Bonchev–Trinajstić information content (AvgIpc) is 2.84. The third kappa shape index (κ3) is 3.12. The van der Waals surface area contributed by atoms with E-state index in [1.807, 2.05) is 7.05 Å². The van der Waals surface area contributed by atoms with Gasteiger partial charge in [-0.05, 0) is 59.6 Å². The van der Waals surface area contributed by atoms with Crippen LogP contribution in [0.1, 0.15) is 16.7 Å². The van der Waals surface area contributed by atoms with Crippen molar-refractivity contribution in [1.82, 2.24) is 5.32 Å². The van der Waals surface area contributed by atoms with E-state index in [4.69, 9.17) is 0 Å². The Hall–Kier alpha value is -1.32. The van der Waals surface area contributed by atoms with E-state index in [-0.39, 0.29) is 0 Å². The second-order valence-corrected chi connectivity index (χ2v) is 5.41. The molecule has 0 bridgehead atoms. The minimum absolute atomic E-state index is 0.931. The molecule has 0 aliphatic rings. The molecule has 0 fully saturated rings. The number of aryl methyl sites for hydroxylation is 1. The molecule has 2 nitrogen and oxygen atoms in total. The number of nitrogens with zero attached hydrogens (tertiary/aromatic N) is 1. The maximum absolute atomic E-state index is 3.20. The van der Waals surface area contributed by atoms with E-state index >= 15 is 0 Å². The highest BCUT2D eigenvalue weighted by molar-refractivity contribution is 7.07. The Morgan fingerprint density at radius 1 is 1.28 bits per heavy atom. The monoisotopic (exact) mass is 260 g/mol. The number of hydrogen-bond donors (Lipinski definition) is 1. The molecule has 1 aromatic heterocycles. The Morgan fingerprint density at radius 2 is 2.11 bits per heavy atom. The molecule has 0 aliphatic heterocycles. The first-order valence-electron chi connectivity index (χ1n) is 6.17. The molecule has 0 unspecified atom stereocenters. The van der Waals surface area contributed by atoms with E-state index in [1.165, 1.54) is 22.4 Å². The van der Waals surface area contributed by atoms with Gasteiger partial charge in [-0.3, -0.25) is 0 Å². The van der Waals surface area contributed by atoms with E-state index < -0.39 is 0 Å². The van der Waals surface area contributed by atoms with Gasteiger partial charge in [0, 0.05) is 25.8 Å². The fourth-order valence-electron chi connectivity index (χ4n) is 2.05. The van der Waals surface area contributed by atoms with Gasteiger partial charge >= 0.3 is 0 Å². The first-order chi connectivity index (χ1) is 8.70. The van der Waals surface area contributed by atoms with Gasteiger partial charge in [0.25, 0.3) is 0 Å². The summed E-state index contributed by atoms with van der Waals surface area (Å²) >= 11 is 1.75. The molecule has 96 valence electrons. The van der Waals surface area contributed by atoms with Crippen LogP contribution >= 0.6 is 11.3 Å². The second-order valence-electron chi connectivity index (χ2n) is 4.63. The third-order valence-electron chi connectivity index (χ3n) is 3.13. The molecule has 18 heavy (non-hydrogen) atoms. The van der Waals surface area contributed by atoms with Crippen molar-refractivity contribution in [2.45, 2.75) is 20.0 Å². The van der Waals surface area contributed by atoms with Gasteiger partial charge in [-0.15, -0.1) is 0 Å². The fourth-order valence-corrected chi connectivity index (χ4v) is 2.71. The van der Waals surface area contributed by atoms with Crippen molar-refractivity contribution in [3.8, 4) is 0 Å². The predicted molar refractivity (Wildman–Crippen MR) is 80.4 cm³/mol. The molecule has 0 spiro atoms. The van der Waals surface area contributed by atoms with Gasteiger partial charge in [-0.2, -0.15) is 11.3 Å². The lowest BCUT2D eigenvalue weighted by Crippen LogP contribution is -2.16. The highest BCUT2D eigenvalue weighted by Crippen LogP contribution is 2.20. The number of nitrogens with one attached hydrogen (secondary N) is 1. The van der Waals surface area contributed by atoms with Gasteiger partial charge in [0.15, 0.2) is 0 Å². The van der Waals surface area contributed by atoms with E-state index in [0.29, 0.717) is 0 Å². The smallest absolute Gasteiger partial charge is 0.0434 e. The molecule has 3 heteroatoms. The lowest BCUT2D eigenvalue weighted by atomic mass is 10.1. The van der Waals surface area contributed by atoms with Crippen molar-refractivity contribution in [2.24, 2.45) is 0 Å². The Labute approximate surface area is 113 Å². The SMILES string of the molecule is CNCc1ccc(N(C)Cc2ccsc2)cc1C. The molecule has 2 rings (SSSR count). The molecule has 2 aromatic rings. The first-order valence-corrected chi connectivity index (χ1v) is 7.11. The largest absolute Gasteiger partial charge is 0.370 e. The molecule has 1 N–H and O–H groups in total. The Kier molecular flexibility index (Phi) is 4.39. The van der Waals surface area contributed by atoms with Crippen LogP contribution < -0.4 is 10.2 Å². The first kappa shape index (κ1) is 13.1. The maximum atomic E-state index is 3.20. The fraction of sp³-hybridized carbons (Fsp3) is 0.333. The molecule has 1 aromatic carbocycles. The van der Waals surface area contributed by atoms with E-state index in [0.717, 1.165) is 13.1 Å².